The highest BCUT2D eigenvalue weighted by molar-refractivity contribution is 5.91. The zero-order chi connectivity index (χ0) is 13.9. The summed E-state index contributed by atoms with van der Waals surface area (Å²) in [5, 5.41) is 6.84. The fraction of sp³-hybridized carbons (Fsp3) is 0.357. The van der Waals surface area contributed by atoms with Gasteiger partial charge in [-0.2, -0.15) is 5.10 Å². The number of rotatable bonds is 3. The zero-order valence-electron chi connectivity index (χ0n) is 11.4. The van der Waals surface area contributed by atoms with Gasteiger partial charge in [-0.25, -0.2) is 9.67 Å². The maximum atomic E-state index is 12.0. The molecule has 1 aromatic carbocycles. The standard InChI is InChI=1S/C14H18N4O/c1-14(2,3)11-6-4-5-7-12(11)17-13(19)8-18-10-15-9-16-18/h4-7,9-10H,8H2,1-3H3,(H,17,19). The Morgan fingerprint density at radius 1 is 1.32 bits per heavy atom. The van der Waals surface area contributed by atoms with Gasteiger partial charge in [-0.05, 0) is 17.0 Å². The number of hydrogen-bond acceptors (Lipinski definition) is 3. The molecule has 5 nitrogen and oxygen atoms in total. The molecule has 0 spiro atoms. The van der Waals surface area contributed by atoms with Crippen molar-refractivity contribution in [2.24, 2.45) is 0 Å². The van der Waals surface area contributed by atoms with Crippen molar-refractivity contribution in [1.82, 2.24) is 14.8 Å². The number of hydrogen-bond donors (Lipinski definition) is 1. The van der Waals surface area contributed by atoms with Crippen molar-refractivity contribution in [2.45, 2.75) is 32.7 Å². The fourth-order valence-electron chi connectivity index (χ4n) is 1.90. The third-order valence-electron chi connectivity index (χ3n) is 2.78. The van der Waals surface area contributed by atoms with Gasteiger partial charge in [0.2, 0.25) is 5.91 Å². The van der Waals surface area contributed by atoms with Crippen molar-refractivity contribution >= 4 is 11.6 Å². The molecule has 19 heavy (non-hydrogen) atoms. The molecule has 5 heteroatoms. The summed E-state index contributed by atoms with van der Waals surface area (Å²) in [6.45, 7) is 6.53. The first-order chi connectivity index (χ1) is 8.97. The van der Waals surface area contributed by atoms with Gasteiger partial charge in [-0.1, -0.05) is 39.0 Å². The van der Waals surface area contributed by atoms with E-state index in [1.165, 1.54) is 17.3 Å². The van der Waals surface area contributed by atoms with Crippen LogP contribution in [0.25, 0.3) is 0 Å². The normalized spacial score (nSPS) is 11.3. The SMILES string of the molecule is CC(C)(C)c1ccccc1NC(=O)Cn1cncn1. The number of amides is 1. The maximum absolute atomic E-state index is 12.0. The van der Waals surface area contributed by atoms with Gasteiger partial charge < -0.3 is 5.32 Å². The molecule has 1 heterocycles. The number of carbonyl (C=O) groups is 1. The Balaban J connectivity index is 2.13. The predicted octanol–water partition coefficient (Wildman–Crippen LogP) is 2.21. The lowest BCUT2D eigenvalue weighted by molar-refractivity contribution is -0.116. The van der Waals surface area contributed by atoms with E-state index in [9.17, 15) is 4.79 Å². The molecule has 0 bridgehead atoms. The van der Waals surface area contributed by atoms with Crippen molar-refractivity contribution in [3.63, 3.8) is 0 Å². The maximum Gasteiger partial charge on any atom is 0.246 e. The third kappa shape index (κ3) is 3.40. The number of anilines is 1. The molecule has 100 valence electrons. The van der Waals surface area contributed by atoms with Gasteiger partial charge in [0.25, 0.3) is 0 Å². The summed E-state index contributed by atoms with van der Waals surface area (Å²) in [5.74, 6) is -0.109. The van der Waals surface area contributed by atoms with Crippen LogP contribution in [0.2, 0.25) is 0 Å². The van der Waals surface area contributed by atoms with E-state index in [4.69, 9.17) is 0 Å². The lowest BCUT2D eigenvalue weighted by Crippen LogP contribution is -2.22. The first kappa shape index (κ1) is 13.3. The first-order valence-electron chi connectivity index (χ1n) is 6.18. The summed E-state index contributed by atoms with van der Waals surface area (Å²) in [5.41, 5.74) is 1.94. The van der Waals surface area contributed by atoms with Crippen LogP contribution in [-0.2, 0) is 16.8 Å². The van der Waals surface area contributed by atoms with Gasteiger partial charge in [0.15, 0.2) is 0 Å². The molecule has 0 atom stereocenters. The fourth-order valence-corrected chi connectivity index (χ4v) is 1.90. The molecule has 1 aromatic heterocycles. The third-order valence-corrected chi connectivity index (χ3v) is 2.78. The minimum Gasteiger partial charge on any atom is -0.324 e. The van der Waals surface area contributed by atoms with Crippen molar-refractivity contribution in [1.29, 1.82) is 0 Å². The van der Waals surface area contributed by atoms with Gasteiger partial charge in [-0.15, -0.1) is 0 Å². The largest absolute Gasteiger partial charge is 0.324 e. The van der Waals surface area contributed by atoms with E-state index in [0.29, 0.717) is 0 Å². The highest BCUT2D eigenvalue weighted by Crippen LogP contribution is 2.29. The van der Waals surface area contributed by atoms with Gasteiger partial charge >= 0.3 is 0 Å². The van der Waals surface area contributed by atoms with Crippen molar-refractivity contribution in [2.75, 3.05) is 5.32 Å². The quantitative estimate of drug-likeness (QED) is 0.918. The molecule has 0 saturated heterocycles. The molecule has 0 fully saturated rings. The van der Waals surface area contributed by atoms with Gasteiger partial charge in [0.05, 0.1) is 0 Å². The number of nitrogens with one attached hydrogen (secondary N) is 1. The van der Waals surface area contributed by atoms with E-state index in [0.717, 1.165) is 11.3 Å². The van der Waals surface area contributed by atoms with E-state index < -0.39 is 0 Å². The first-order valence-corrected chi connectivity index (χ1v) is 6.18. The Labute approximate surface area is 112 Å². The molecule has 1 N–H and O–H groups in total. The number of nitrogens with zero attached hydrogens (tertiary/aromatic N) is 3. The molecule has 1 amide bonds. The summed E-state index contributed by atoms with van der Waals surface area (Å²) in [7, 11) is 0. The summed E-state index contributed by atoms with van der Waals surface area (Å²) in [4.78, 5) is 15.8. The van der Waals surface area contributed by atoms with Crippen LogP contribution in [0, 0.1) is 0 Å². The molecule has 0 aliphatic heterocycles. The predicted molar refractivity (Wildman–Crippen MR) is 73.8 cm³/mol. The van der Waals surface area contributed by atoms with E-state index in [2.05, 4.69) is 36.2 Å². The second kappa shape index (κ2) is 5.22. The van der Waals surface area contributed by atoms with Crippen LogP contribution in [0.4, 0.5) is 5.69 Å². The Bertz CT molecular complexity index is 555. The lowest BCUT2D eigenvalue weighted by Gasteiger charge is -2.22. The molecule has 0 aliphatic carbocycles. The van der Waals surface area contributed by atoms with Gasteiger partial charge in [0, 0.05) is 5.69 Å². The average molecular weight is 258 g/mol. The number of para-hydroxylation sites is 1. The summed E-state index contributed by atoms with van der Waals surface area (Å²) >= 11 is 0. The van der Waals surface area contributed by atoms with Crippen LogP contribution < -0.4 is 5.32 Å². The molecular weight excluding hydrogens is 240 g/mol. The van der Waals surface area contributed by atoms with Crippen molar-refractivity contribution in [3.8, 4) is 0 Å². The van der Waals surface area contributed by atoms with Crippen LogP contribution in [-0.4, -0.2) is 20.7 Å². The Morgan fingerprint density at radius 3 is 2.68 bits per heavy atom. The Hall–Kier alpha value is -2.17. The van der Waals surface area contributed by atoms with E-state index in [1.54, 1.807) is 0 Å². The number of aromatic nitrogens is 3. The van der Waals surface area contributed by atoms with Crippen LogP contribution >= 0.6 is 0 Å². The smallest absolute Gasteiger partial charge is 0.246 e. The number of carbonyl (C=O) groups excluding carboxylic acids is 1. The molecule has 2 aromatic rings. The van der Waals surface area contributed by atoms with Crippen LogP contribution in [0.5, 0.6) is 0 Å². The topological polar surface area (TPSA) is 59.8 Å². The monoisotopic (exact) mass is 258 g/mol. The van der Waals surface area contributed by atoms with Crippen LogP contribution in [0.1, 0.15) is 26.3 Å². The summed E-state index contributed by atoms with van der Waals surface area (Å²) < 4.78 is 1.50. The molecule has 0 radical (unpaired) electrons. The molecule has 2 rings (SSSR count). The van der Waals surface area contributed by atoms with Crippen LogP contribution in [0.15, 0.2) is 36.9 Å². The highest BCUT2D eigenvalue weighted by Gasteiger charge is 2.18. The summed E-state index contributed by atoms with van der Waals surface area (Å²) in [6.07, 6.45) is 2.94. The van der Waals surface area contributed by atoms with E-state index in [-0.39, 0.29) is 17.9 Å². The zero-order valence-corrected chi connectivity index (χ0v) is 11.4. The minimum absolute atomic E-state index is 0.0167. The Kier molecular flexibility index (Phi) is 3.64. The lowest BCUT2D eigenvalue weighted by atomic mass is 9.86. The average Bonchev–Trinajstić information content (AvgIpc) is 2.81. The minimum atomic E-state index is -0.109. The van der Waals surface area contributed by atoms with Gasteiger partial charge in [0.1, 0.15) is 19.2 Å². The second-order valence-electron chi connectivity index (χ2n) is 5.44. The van der Waals surface area contributed by atoms with Crippen LogP contribution in [0.3, 0.4) is 0 Å². The van der Waals surface area contributed by atoms with Crippen molar-refractivity contribution < 1.29 is 4.79 Å². The molecular formula is C14H18N4O. The molecule has 0 unspecified atom stereocenters. The molecule has 0 aliphatic rings. The number of benzene rings is 1. The highest BCUT2D eigenvalue weighted by atomic mass is 16.2. The van der Waals surface area contributed by atoms with Crippen molar-refractivity contribution in [3.05, 3.63) is 42.5 Å². The Morgan fingerprint density at radius 2 is 2.05 bits per heavy atom. The van der Waals surface area contributed by atoms with E-state index >= 15 is 0 Å². The summed E-state index contributed by atoms with van der Waals surface area (Å²) in [6, 6.07) is 7.85. The second-order valence-corrected chi connectivity index (χ2v) is 5.44. The molecule has 0 saturated carbocycles. The van der Waals surface area contributed by atoms with E-state index in [1.807, 2.05) is 24.3 Å². The van der Waals surface area contributed by atoms with Gasteiger partial charge in [-0.3, -0.25) is 4.79 Å².